The van der Waals surface area contributed by atoms with Crippen LogP contribution in [-0.4, -0.2) is 37.1 Å². The predicted octanol–water partition coefficient (Wildman–Crippen LogP) is 3.62. The molecule has 132 valence electrons. The third-order valence-corrected chi connectivity index (χ3v) is 4.73. The van der Waals surface area contributed by atoms with E-state index in [1.807, 2.05) is 48.2 Å². The number of nitrogens with zero attached hydrogens (tertiary/aromatic N) is 1. The third-order valence-electron chi connectivity index (χ3n) is 4.73. The molecule has 4 heteroatoms. The minimum Gasteiger partial charge on any atom is -0.496 e. The molecule has 25 heavy (non-hydrogen) atoms. The molecule has 0 spiro atoms. The Morgan fingerprint density at radius 1 is 1.20 bits per heavy atom. The van der Waals surface area contributed by atoms with Gasteiger partial charge >= 0.3 is 0 Å². The number of hydrogen-bond donors (Lipinski definition) is 0. The molecule has 4 nitrogen and oxygen atoms in total. The Morgan fingerprint density at radius 2 is 2.00 bits per heavy atom. The Bertz CT molecular complexity index is 714. The molecule has 1 atom stereocenters. The monoisotopic (exact) mass is 339 g/mol. The third kappa shape index (κ3) is 4.32. The number of methoxy groups -OCH3 is 1. The molecular formula is C21H25NO3. The van der Waals surface area contributed by atoms with E-state index in [2.05, 4.69) is 12.1 Å². The lowest BCUT2D eigenvalue weighted by Crippen LogP contribution is -2.39. The van der Waals surface area contributed by atoms with Crippen molar-refractivity contribution in [3.8, 4) is 11.5 Å². The van der Waals surface area contributed by atoms with E-state index in [1.165, 1.54) is 5.56 Å². The fourth-order valence-corrected chi connectivity index (χ4v) is 3.46. The van der Waals surface area contributed by atoms with Crippen LogP contribution in [0.1, 0.15) is 24.0 Å². The second-order valence-corrected chi connectivity index (χ2v) is 6.49. The van der Waals surface area contributed by atoms with Crippen LogP contribution in [-0.2, 0) is 11.2 Å². The van der Waals surface area contributed by atoms with Crippen molar-refractivity contribution in [1.82, 2.24) is 4.90 Å². The number of para-hydroxylation sites is 1. The number of aryl methyl sites for hydroxylation is 1. The SMILES string of the molecule is COc1ccc(CC2CCCN2C(=O)COc2ccccc2)cc1C. The van der Waals surface area contributed by atoms with E-state index in [1.54, 1.807) is 7.11 Å². The fourth-order valence-electron chi connectivity index (χ4n) is 3.46. The maximum absolute atomic E-state index is 12.6. The number of hydrogen-bond acceptors (Lipinski definition) is 3. The molecule has 2 aromatic rings. The predicted molar refractivity (Wildman–Crippen MR) is 98.1 cm³/mol. The van der Waals surface area contributed by atoms with Gasteiger partial charge in [0.1, 0.15) is 11.5 Å². The quantitative estimate of drug-likeness (QED) is 0.807. The van der Waals surface area contributed by atoms with Gasteiger partial charge in [-0.15, -0.1) is 0 Å². The van der Waals surface area contributed by atoms with Crippen molar-refractivity contribution in [2.24, 2.45) is 0 Å². The molecular weight excluding hydrogens is 314 g/mol. The van der Waals surface area contributed by atoms with E-state index in [9.17, 15) is 4.79 Å². The molecule has 1 aliphatic rings. The van der Waals surface area contributed by atoms with E-state index >= 15 is 0 Å². The molecule has 0 N–H and O–H groups in total. The van der Waals surface area contributed by atoms with Crippen LogP contribution >= 0.6 is 0 Å². The molecule has 0 aliphatic carbocycles. The Kier molecular flexibility index (Phi) is 5.59. The molecule has 0 aromatic heterocycles. The summed E-state index contributed by atoms with van der Waals surface area (Å²) in [6.07, 6.45) is 2.97. The minimum absolute atomic E-state index is 0.0663. The Labute approximate surface area is 149 Å². The Balaban J connectivity index is 1.60. The van der Waals surface area contributed by atoms with Gasteiger partial charge in [0.25, 0.3) is 5.91 Å². The molecule has 1 saturated heterocycles. The lowest BCUT2D eigenvalue weighted by Gasteiger charge is -2.25. The molecule has 2 aromatic carbocycles. The summed E-state index contributed by atoms with van der Waals surface area (Å²) in [4.78, 5) is 14.5. The highest BCUT2D eigenvalue weighted by atomic mass is 16.5. The lowest BCUT2D eigenvalue weighted by molar-refractivity contribution is -0.134. The van der Waals surface area contributed by atoms with Gasteiger partial charge in [0.15, 0.2) is 6.61 Å². The zero-order chi connectivity index (χ0) is 17.6. The number of carbonyl (C=O) groups is 1. The molecule has 1 aliphatic heterocycles. The molecule has 3 rings (SSSR count). The molecule has 0 saturated carbocycles. The molecule has 0 radical (unpaired) electrons. The van der Waals surface area contributed by atoms with Gasteiger partial charge in [0.05, 0.1) is 7.11 Å². The normalized spacial score (nSPS) is 16.7. The fraction of sp³-hybridized carbons (Fsp3) is 0.381. The van der Waals surface area contributed by atoms with Gasteiger partial charge in [-0.25, -0.2) is 0 Å². The van der Waals surface area contributed by atoms with Crippen LogP contribution in [0.3, 0.4) is 0 Å². The molecule has 1 amide bonds. The zero-order valence-corrected chi connectivity index (χ0v) is 14.9. The Morgan fingerprint density at radius 3 is 2.72 bits per heavy atom. The van der Waals surface area contributed by atoms with Crippen molar-refractivity contribution in [1.29, 1.82) is 0 Å². The van der Waals surface area contributed by atoms with Gasteiger partial charge in [0.2, 0.25) is 0 Å². The van der Waals surface area contributed by atoms with E-state index in [4.69, 9.17) is 9.47 Å². The molecule has 1 heterocycles. The van der Waals surface area contributed by atoms with Crippen LogP contribution in [0, 0.1) is 6.92 Å². The number of benzene rings is 2. The second-order valence-electron chi connectivity index (χ2n) is 6.49. The maximum atomic E-state index is 12.6. The summed E-state index contributed by atoms with van der Waals surface area (Å²) in [6.45, 7) is 2.96. The summed E-state index contributed by atoms with van der Waals surface area (Å²) >= 11 is 0. The molecule has 1 fully saturated rings. The highest BCUT2D eigenvalue weighted by Gasteiger charge is 2.29. The maximum Gasteiger partial charge on any atom is 0.260 e. The molecule has 1 unspecified atom stereocenters. The van der Waals surface area contributed by atoms with Gasteiger partial charge in [-0.2, -0.15) is 0 Å². The number of carbonyl (C=O) groups excluding carboxylic acids is 1. The summed E-state index contributed by atoms with van der Waals surface area (Å²) in [5, 5.41) is 0. The first kappa shape index (κ1) is 17.3. The van der Waals surface area contributed by atoms with Crippen LogP contribution in [0.4, 0.5) is 0 Å². The van der Waals surface area contributed by atoms with Crippen molar-refractivity contribution in [3.63, 3.8) is 0 Å². The lowest BCUT2D eigenvalue weighted by atomic mass is 10.0. The number of likely N-dealkylation sites (tertiary alicyclic amines) is 1. The van der Waals surface area contributed by atoms with Crippen LogP contribution in [0.15, 0.2) is 48.5 Å². The standard InChI is InChI=1S/C21H25NO3/c1-16-13-17(10-11-20(16)24-2)14-18-7-6-12-22(18)21(23)15-25-19-8-4-3-5-9-19/h3-5,8-11,13,18H,6-7,12,14-15H2,1-2H3. The Hall–Kier alpha value is -2.49. The largest absolute Gasteiger partial charge is 0.496 e. The van der Waals surface area contributed by atoms with Crippen molar-refractivity contribution in [2.45, 2.75) is 32.2 Å². The van der Waals surface area contributed by atoms with Crippen LogP contribution in [0.5, 0.6) is 11.5 Å². The van der Waals surface area contributed by atoms with Crippen molar-refractivity contribution < 1.29 is 14.3 Å². The van der Waals surface area contributed by atoms with Gasteiger partial charge in [-0.05, 0) is 55.5 Å². The van der Waals surface area contributed by atoms with Gasteiger partial charge < -0.3 is 14.4 Å². The molecule has 0 bridgehead atoms. The number of ether oxygens (including phenoxy) is 2. The summed E-state index contributed by atoms with van der Waals surface area (Å²) in [5.41, 5.74) is 2.37. The van der Waals surface area contributed by atoms with Crippen molar-refractivity contribution >= 4 is 5.91 Å². The van der Waals surface area contributed by atoms with Crippen molar-refractivity contribution in [2.75, 3.05) is 20.3 Å². The number of rotatable bonds is 6. The first-order valence-electron chi connectivity index (χ1n) is 8.78. The van der Waals surface area contributed by atoms with E-state index in [-0.39, 0.29) is 18.6 Å². The van der Waals surface area contributed by atoms with E-state index in [0.29, 0.717) is 0 Å². The summed E-state index contributed by atoms with van der Waals surface area (Å²) < 4.78 is 10.9. The summed E-state index contributed by atoms with van der Waals surface area (Å²) in [7, 11) is 1.69. The number of amides is 1. The van der Waals surface area contributed by atoms with E-state index in [0.717, 1.165) is 42.9 Å². The minimum atomic E-state index is 0.0663. The van der Waals surface area contributed by atoms with Crippen LogP contribution in [0.2, 0.25) is 0 Å². The average Bonchev–Trinajstić information content (AvgIpc) is 3.09. The summed E-state index contributed by atoms with van der Waals surface area (Å²) in [6, 6.07) is 16.0. The van der Waals surface area contributed by atoms with Gasteiger partial charge in [0, 0.05) is 12.6 Å². The van der Waals surface area contributed by atoms with Gasteiger partial charge in [-0.1, -0.05) is 30.3 Å². The first-order valence-corrected chi connectivity index (χ1v) is 8.78. The topological polar surface area (TPSA) is 38.8 Å². The highest BCUT2D eigenvalue weighted by Crippen LogP contribution is 2.24. The van der Waals surface area contributed by atoms with E-state index < -0.39 is 0 Å². The van der Waals surface area contributed by atoms with Crippen molar-refractivity contribution in [3.05, 3.63) is 59.7 Å². The van der Waals surface area contributed by atoms with Gasteiger partial charge in [-0.3, -0.25) is 4.79 Å². The average molecular weight is 339 g/mol. The summed E-state index contributed by atoms with van der Waals surface area (Å²) in [5.74, 6) is 1.70. The highest BCUT2D eigenvalue weighted by molar-refractivity contribution is 5.78. The van der Waals surface area contributed by atoms with Crippen LogP contribution in [0.25, 0.3) is 0 Å². The van der Waals surface area contributed by atoms with Crippen LogP contribution < -0.4 is 9.47 Å². The second kappa shape index (κ2) is 8.06. The first-order chi connectivity index (χ1) is 12.2. The smallest absolute Gasteiger partial charge is 0.260 e. The zero-order valence-electron chi connectivity index (χ0n) is 14.9.